The maximum absolute atomic E-state index is 13.6. The molecule has 1 atom stereocenters. The molecule has 3 amide bonds. The quantitative estimate of drug-likeness (QED) is 0.343. The van der Waals surface area contributed by atoms with Crippen LogP contribution in [-0.2, 0) is 17.6 Å². The van der Waals surface area contributed by atoms with Crippen LogP contribution < -0.4 is 5.32 Å². The van der Waals surface area contributed by atoms with Gasteiger partial charge in [0.25, 0.3) is 17.1 Å². The highest BCUT2D eigenvalue weighted by atomic mass is 32.2. The van der Waals surface area contributed by atoms with E-state index in [4.69, 9.17) is 0 Å². The molecule has 2 aromatic heterocycles. The molecule has 2 aliphatic rings. The standard InChI is InChI=1S/C29H31N3O3S2/c1-5-17(2)32-27(34)24(37-29(32)35)16-20-15-18(3)31(19(20)4)28-25(22-13-9-10-14-23(22)36-28)26(33)30-21-11-7-6-8-12-21/h6-8,11-12,15-17H,5,9-10,13-14H2,1-4H3,(H,30,33)/b24-16-/t17-/m1/s1. The number of hydrogen-bond acceptors (Lipinski definition) is 5. The molecule has 8 heteroatoms. The first-order valence-electron chi connectivity index (χ1n) is 12.8. The van der Waals surface area contributed by atoms with E-state index < -0.39 is 0 Å². The zero-order chi connectivity index (χ0) is 26.3. The molecule has 192 valence electrons. The summed E-state index contributed by atoms with van der Waals surface area (Å²) in [4.78, 5) is 42.2. The summed E-state index contributed by atoms with van der Waals surface area (Å²) >= 11 is 2.69. The predicted octanol–water partition coefficient (Wildman–Crippen LogP) is 7.12. The van der Waals surface area contributed by atoms with Crippen LogP contribution in [0.1, 0.15) is 70.9 Å². The molecular weight excluding hydrogens is 502 g/mol. The third kappa shape index (κ3) is 4.68. The molecule has 3 heterocycles. The molecule has 1 aromatic carbocycles. The van der Waals surface area contributed by atoms with Crippen molar-refractivity contribution in [3.05, 3.63) is 74.3 Å². The second-order valence-corrected chi connectivity index (χ2v) is 11.8. The number of carbonyl (C=O) groups excluding carboxylic acids is 3. The van der Waals surface area contributed by atoms with Gasteiger partial charge in [-0.25, -0.2) is 0 Å². The number of nitrogens with one attached hydrogen (secondary N) is 1. The first-order valence-corrected chi connectivity index (χ1v) is 14.4. The zero-order valence-electron chi connectivity index (χ0n) is 21.6. The summed E-state index contributed by atoms with van der Waals surface area (Å²) in [5.74, 6) is -0.326. The smallest absolute Gasteiger partial charge is 0.293 e. The first kappa shape index (κ1) is 25.5. The summed E-state index contributed by atoms with van der Waals surface area (Å²) in [6.07, 6.45) is 6.64. The van der Waals surface area contributed by atoms with Crippen molar-refractivity contribution in [2.75, 3.05) is 5.32 Å². The molecule has 1 aliphatic heterocycles. The van der Waals surface area contributed by atoms with Gasteiger partial charge in [-0.3, -0.25) is 19.3 Å². The van der Waals surface area contributed by atoms with Gasteiger partial charge in [0.2, 0.25) is 0 Å². The van der Waals surface area contributed by atoms with Gasteiger partial charge in [-0.15, -0.1) is 11.3 Å². The van der Waals surface area contributed by atoms with E-state index in [9.17, 15) is 14.4 Å². The topological polar surface area (TPSA) is 71.4 Å². The van der Waals surface area contributed by atoms with Gasteiger partial charge < -0.3 is 9.88 Å². The lowest BCUT2D eigenvalue weighted by Gasteiger charge is -2.19. The number of fused-ring (bicyclic) bond motifs is 1. The minimum Gasteiger partial charge on any atom is -0.322 e. The fourth-order valence-corrected chi connectivity index (χ4v) is 7.51. The van der Waals surface area contributed by atoms with Crippen LogP contribution in [-0.4, -0.2) is 32.6 Å². The van der Waals surface area contributed by atoms with E-state index in [0.717, 1.165) is 82.6 Å². The Hall–Kier alpha value is -3.10. The van der Waals surface area contributed by atoms with E-state index in [2.05, 4.69) is 9.88 Å². The number of anilines is 1. The second-order valence-electron chi connectivity index (χ2n) is 9.68. The van der Waals surface area contributed by atoms with E-state index in [1.54, 1.807) is 11.3 Å². The van der Waals surface area contributed by atoms with Crippen molar-refractivity contribution in [2.24, 2.45) is 0 Å². The van der Waals surface area contributed by atoms with E-state index >= 15 is 0 Å². The van der Waals surface area contributed by atoms with Gasteiger partial charge >= 0.3 is 0 Å². The van der Waals surface area contributed by atoms with Crippen molar-refractivity contribution >= 4 is 51.9 Å². The van der Waals surface area contributed by atoms with Gasteiger partial charge in [-0.05, 0) is 100 Å². The molecule has 37 heavy (non-hydrogen) atoms. The fourth-order valence-electron chi connectivity index (χ4n) is 5.09. The van der Waals surface area contributed by atoms with E-state index in [0.29, 0.717) is 4.91 Å². The van der Waals surface area contributed by atoms with Crippen molar-refractivity contribution < 1.29 is 14.4 Å². The number of imide groups is 1. The lowest BCUT2D eigenvalue weighted by molar-refractivity contribution is -0.124. The average Bonchev–Trinajstić information content (AvgIpc) is 3.49. The number of para-hydroxylation sites is 1. The number of rotatable bonds is 6. The Bertz CT molecular complexity index is 1420. The summed E-state index contributed by atoms with van der Waals surface area (Å²) in [5.41, 5.74) is 5.48. The van der Waals surface area contributed by atoms with Crippen LogP contribution in [0.5, 0.6) is 0 Å². The number of nitrogens with zero attached hydrogens (tertiary/aromatic N) is 2. The number of amides is 3. The SMILES string of the molecule is CC[C@@H](C)N1C(=O)S/C(=C\c2cc(C)n(-c3sc4c(c3C(=O)Nc3ccccc3)CCCC4)c2C)C1=O. The van der Waals surface area contributed by atoms with Gasteiger partial charge in [0.15, 0.2) is 0 Å². The minimum atomic E-state index is -0.233. The van der Waals surface area contributed by atoms with E-state index in [1.807, 2.05) is 70.2 Å². The van der Waals surface area contributed by atoms with Crippen LogP contribution >= 0.6 is 23.1 Å². The molecule has 0 saturated carbocycles. The third-order valence-electron chi connectivity index (χ3n) is 7.23. The van der Waals surface area contributed by atoms with Crippen LogP contribution in [0.25, 0.3) is 11.1 Å². The number of aryl methyl sites for hydroxylation is 2. The number of benzene rings is 1. The molecule has 5 rings (SSSR count). The molecule has 6 nitrogen and oxygen atoms in total. The van der Waals surface area contributed by atoms with Gasteiger partial charge in [0, 0.05) is 28.0 Å². The van der Waals surface area contributed by atoms with Crippen molar-refractivity contribution in [2.45, 2.75) is 65.8 Å². The Morgan fingerprint density at radius 3 is 2.59 bits per heavy atom. The maximum atomic E-state index is 13.6. The van der Waals surface area contributed by atoms with E-state index in [-0.39, 0.29) is 23.1 Å². The third-order valence-corrected chi connectivity index (χ3v) is 9.39. The number of thiophene rings is 1. The number of thioether (sulfide) groups is 1. The summed E-state index contributed by atoms with van der Waals surface area (Å²) in [5, 5.41) is 3.79. The van der Waals surface area contributed by atoms with E-state index in [1.165, 1.54) is 9.78 Å². The molecule has 1 fully saturated rings. The molecule has 0 spiro atoms. The first-order chi connectivity index (χ1) is 17.8. The Morgan fingerprint density at radius 2 is 1.86 bits per heavy atom. The molecule has 0 radical (unpaired) electrons. The lowest BCUT2D eigenvalue weighted by Crippen LogP contribution is -2.36. The molecule has 1 aliphatic carbocycles. The summed E-state index contributed by atoms with van der Waals surface area (Å²) in [7, 11) is 0. The Morgan fingerprint density at radius 1 is 1.14 bits per heavy atom. The zero-order valence-corrected chi connectivity index (χ0v) is 23.2. The highest BCUT2D eigenvalue weighted by Crippen LogP contribution is 2.40. The Labute approximate surface area is 225 Å². The number of hydrogen-bond donors (Lipinski definition) is 1. The summed E-state index contributed by atoms with van der Waals surface area (Å²) in [6, 6.07) is 11.4. The van der Waals surface area contributed by atoms with Crippen LogP contribution in [0.4, 0.5) is 10.5 Å². The molecule has 1 N–H and O–H groups in total. The van der Waals surface area contributed by atoms with Gasteiger partial charge in [0.05, 0.1) is 10.5 Å². The van der Waals surface area contributed by atoms with Crippen LogP contribution in [0, 0.1) is 13.8 Å². The summed E-state index contributed by atoms with van der Waals surface area (Å²) in [6.45, 7) is 7.89. The Kier molecular flexibility index (Phi) is 7.14. The molecule has 1 saturated heterocycles. The van der Waals surface area contributed by atoms with Gasteiger partial charge in [-0.1, -0.05) is 25.1 Å². The van der Waals surface area contributed by atoms with Crippen LogP contribution in [0.2, 0.25) is 0 Å². The minimum absolute atomic E-state index is 0.0932. The molecule has 0 unspecified atom stereocenters. The lowest BCUT2D eigenvalue weighted by atomic mass is 9.95. The van der Waals surface area contributed by atoms with Crippen molar-refractivity contribution in [1.82, 2.24) is 9.47 Å². The Balaban J connectivity index is 1.56. The van der Waals surface area contributed by atoms with Gasteiger partial charge in [0.1, 0.15) is 5.00 Å². The second kappa shape index (κ2) is 10.3. The molecule has 3 aromatic rings. The van der Waals surface area contributed by atoms with Crippen molar-refractivity contribution in [1.29, 1.82) is 0 Å². The monoisotopic (exact) mass is 533 g/mol. The molecule has 0 bridgehead atoms. The fraction of sp³-hybridized carbons (Fsp3) is 0.345. The van der Waals surface area contributed by atoms with Crippen molar-refractivity contribution in [3.8, 4) is 5.00 Å². The normalized spacial score (nSPS) is 17.4. The number of aromatic nitrogens is 1. The molecular formula is C29H31N3O3S2. The van der Waals surface area contributed by atoms with Gasteiger partial charge in [-0.2, -0.15) is 0 Å². The highest BCUT2D eigenvalue weighted by Gasteiger charge is 2.38. The largest absolute Gasteiger partial charge is 0.322 e. The summed E-state index contributed by atoms with van der Waals surface area (Å²) < 4.78 is 2.13. The van der Waals surface area contributed by atoms with Crippen LogP contribution in [0.15, 0.2) is 41.3 Å². The number of carbonyl (C=O) groups is 3. The average molecular weight is 534 g/mol. The highest BCUT2D eigenvalue weighted by molar-refractivity contribution is 8.18. The predicted molar refractivity (Wildman–Crippen MR) is 152 cm³/mol. The van der Waals surface area contributed by atoms with Crippen LogP contribution in [0.3, 0.4) is 0 Å². The van der Waals surface area contributed by atoms with Crippen molar-refractivity contribution in [3.63, 3.8) is 0 Å². The maximum Gasteiger partial charge on any atom is 0.293 e.